The zero-order chi connectivity index (χ0) is 10.8. The zero-order valence-electron chi connectivity index (χ0n) is 9.64. The van der Waals surface area contributed by atoms with Gasteiger partial charge < -0.3 is 5.32 Å². The first-order chi connectivity index (χ1) is 7.16. The summed E-state index contributed by atoms with van der Waals surface area (Å²) in [6.07, 6.45) is 3.81. The van der Waals surface area contributed by atoms with E-state index >= 15 is 0 Å². The van der Waals surface area contributed by atoms with E-state index in [1.807, 2.05) is 7.05 Å². The molecule has 1 aliphatic carbocycles. The molecule has 5 nitrogen and oxygen atoms in total. The molecule has 0 aliphatic heterocycles. The lowest BCUT2D eigenvalue weighted by Gasteiger charge is -2.33. The third-order valence-corrected chi connectivity index (χ3v) is 3.37. The van der Waals surface area contributed by atoms with Gasteiger partial charge in [0.25, 0.3) is 0 Å². The van der Waals surface area contributed by atoms with E-state index in [1.54, 1.807) is 4.68 Å². The van der Waals surface area contributed by atoms with Gasteiger partial charge in [0, 0.05) is 13.1 Å². The smallest absolute Gasteiger partial charge is 0.242 e. The van der Waals surface area contributed by atoms with E-state index < -0.39 is 0 Å². The van der Waals surface area contributed by atoms with Crippen molar-refractivity contribution in [2.45, 2.75) is 39.2 Å². The van der Waals surface area contributed by atoms with Crippen molar-refractivity contribution in [1.29, 1.82) is 0 Å². The Labute approximate surface area is 90.2 Å². The first-order valence-electron chi connectivity index (χ1n) is 5.65. The maximum absolute atomic E-state index is 3.95. The number of aryl methyl sites for hydroxylation is 1. The molecule has 1 fully saturated rings. The molecule has 0 spiro atoms. The summed E-state index contributed by atoms with van der Waals surface area (Å²) in [4.78, 5) is 0. The molecule has 2 rings (SSSR count). The second-order valence-corrected chi connectivity index (χ2v) is 4.77. The summed E-state index contributed by atoms with van der Waals surface area (Å²) in [7, 11) is 1.86. The van der Waals surface area contributed by atoms with Crippen molar-refractivity contribution in [3.63, 3.8) is 0 Å². The Morgan fingerprint density at radius 3 is 2.73 bits per heavy atom. The van der Waals surface area contributed by atoms with Gasteiger partial charge in [-0.1, -0.05) is 18.9 Å². The molecule has 1 aromatic heterocycles. The summed E-state index contributed by atoms with van der Waals surface area (Å²) in [6, 6.07) is 0.519. The van der Waals surface area contributed by atoms with Crippen molar-refractivity contribution in [3.8, 4) is 0 Å². The third-order valence-electron chi connectivity index (χ3n) is 3.37. The number of nitrogens with one attached hydrogen (secondary N) is 1. The van der Waals surface area contributed by atoms with Crippen LogP contribution in [0.1, 0.15) is 33.1 Å². The van der Waals surface area contributed by atoms with Crippen LogP contribution in [-0.4, -0.2) is 26.2 Å². The quantitative estimate of drug-likeness (QED) is 0.801. The van der Waals surface area contributed by atoms with Crippen LogP contribution in [0.3, 0.4) is 0 Å². The van der Waals surface area contributed by atoms with E-state index in [-0.39, 0.29) is 0 Å². The van der Waals surface area contributed by atoms with Gasteiger partial charge in [0.2, 0.25) is 5.95 Å². The maximum atomic E-state index is 3.95. The monoisotopic (exact) mass is 209 g/mol. The normalized spacial score (nSPS) is 31.5. The topological polar surface area (TPSA) is 55.6 Å². The number of tetrazole rings is 1. The Morgan fingerprint density at radius 1 is 1.33 bits per heavy atom. The summed E-state index contributed by atoms with van der Waals surface area (Å²) in [5.41, 5.74) is 0. The Bertz CT molecular complexity index is 321. The highest BCUT2D eigenvalue weighted by Gasteiger charge is 2.26. The van der Waals surface area contributed by atoms with Gasteiger partial charge in [-0.2, -0.15) is 0 Å². The average Bonchev–Trinajstić information content (AvgIpc) is 2.57. The highest BCUT2D eigenvalue weighted by Crippen LogP contribution is 2.30. The third kappa shape index (κ3) is 2.27. The van der Waals surface area contributed by atoms with Crippen LogP contribution < -0.4 is 5.32 Å². The van der Waals surface area contributed by atoms with Crippen molar-refractivity contribution < 1.29 is 0 Å². The number of anilines is 1. The standard InChI is InChI=1S/C10H19N5/c1-7-4-5-9(8(2)6-7)11-10-12-13-14-15(10)3/h7-9H,4-6H2,1-3H3,(H,11,12,14). The average molecular weight is 209 g/mol. The fourth-order valence-corrected chi connectivity index (χ4v) is 2.40. The first-order valence-corrected chi connectivity index (χ1v) is 5.65. The van der Waals surface area contributed by atoms with Gasteiger partial charge in [-0.3, -0.25) is 0 Å². The second-order valence-electron chi connectivity index (χ2n) is 4.77. The summed E-state index contributed by atoms with van der Waals surface area (Å²) in [5, 5.41) is 14.8. The Morgan fingerprint density at radius 2 is 2.13 bits per heavy atom. The predicted molar refractivity (Wildman–Crippen MR) is 58.4 cm³/mol. The molecule has 0 amide bonds. The molecule has 0 bridgehead atoms. The molecule has 5 heteroatoms. The van der Waals surface area contributed by atoms with Crippen LogP contribution in [-0.2, 0) is 7.05 Å². The first kappa shape index (κ1) is 10.4. The van der Waals surface area contributed by atoms with E-state index in [0.29, 0.717) is 12.0 Å². The van der Waals surface area contributed by atoms with Gasteiger partial charge in [0.1, 0.15) is 0 Å². The molecule has 0 aromatic carbocycles. The van der Waals surface area contributed by atoms with Crippen molar-refractivity contribution in [2.75, 3.05) is 5.32 Å². The fraction of sp³-hybridized carbons (Fsp3) is 0.900. The number of rotatable bonds is 2. The largest absolute Gasteiger partial charge is 0.350 e. The highest BCUT2D eigenvalue weighted by atomic mass is 15.6. The second kappa shape index (κ2) is 4.16. The molecule has 1 heterocycles. The molecular formula is C10H19N5. The Hall–Kier alpha value is -1.13. The van der Waals surface area contributed by atoms with Crippen LogP contribution in [0.2, 0.25) is 0 Å². The van der Waals surface area contributed by atoms with E-state index in [4.69, 9.17) is 0 Å². The van der Waals surface area contributed by atoms with Crippen LogP contribution >= 0.6 is 0 Å². The van der Waals surface area contributed by atoms with Crippen LogP contribution in [0.4, 0.5) is 5.95 Å². The highest BCUT2D eigenvalue weighted by molar-refractivity contribution is 5.23. The minimum Gasteiger partial charge on any atom is -0.350 e. The molecule has 0 radical (unpaired) electrons. The number of nitrogens with zero attached hydrogens (tertiary/aromatic N) is 4. The SMILES string of the molecule is CC1CCC(Nc2nnnn2C)C(C)C1. The minimum atomic E-state index is 0.519. The van der Waals surface area contributed by atoms with E-state index in [9.17, 15) is 0 Å². The number of hydrogen-bond donors (Lipinski definition) is 1. The van der Waals surface area contributed by atoms with Crippen molar-refractivity contribution in [1.82, 2.24) is 20.2 Å². The molecule has 3 unspecified atom stereocenters. The van der Waals surface area contributed by atoms with Crippen LogP contribution in [0, 0.1) is 11.8 Å². The zero-order valence-corrected chi connectivity index (χ0v) is 9.64. The van der Waals surface area contributed by atoms with E-state index in [2.05, 4.69) is 34.7 Å². The molecule has 1 saturated carbocycles. The lowest BCUT2D eigenvalue weighted by molar-refractivity contribution is 0.275. The summed E-state index contributed by atoms with van der Waals surface area (Å²) >= 11 is 0. The van der Waals surface area contributed by atoms with Crippen LogP contribution in [0.15, 0.2) is 0 Å². The summed E-state index contributed by atoms with van der Waals surface area (Å²) in [6.45, 7) is 4.63. The van der Waals surface area contributed by atoms with E-state index in [0.717, 1.165) is 11.9 Å². The maximum Gasteiger partial charge on any atom is 0.242 e. The van der Waals surface area contributed by atoms with Gasteiger partial charge >= 0.3 is 0 Å². The fourth-order valence-electron chi connectivity index (χ4n) is 2.40. The molecule has 15 heavy (non-hydrogen) atoms. The number of aromatic nitrogens is 4. The Kier molecular flexibility index (Phi) is 2.88. The molecule has 1 aliphatic rings. The van der Waals surface area contributed by atoms with Crippen molar-refractivity contribution >= 4 is 5.95 Å². The van der Waals surface area contributed by atoms with Gasteiger partial charge in [0.15, 0.2) is 0 Å². The van der Waals surface area contributed by atoms with Gasteiger partial charge in [-0.25, -0.2) is 4.68 Å². The van der Waals surface area contributed by atoms with E-state index in [1.165, 1.54) is 19.3 Å². The van der Waals surface area contributed by atoms with Gasteiger partial charge in [0.05, 0.1) is 0 Å². The van der Waals surface area contributed by atoms with Gasteiger partial charge in [-0.05, 0) is 41.5 Å². The molecule has 1 aromatic rings. The van der Waals surface area contributed by atoms with Crippen LogP contribution in [0.5, 0.6) is 0 Å². The minimum absolute atomic E-state index is 0.519. The lowest BCUT2D eigenvalue weighted by Crippen LogP contribution is -2.33. The van der Waals surface area contributed by atoms with Crippen molar-refractivity contribution in [3.05, 3.63) is 0 Å². The molecule has 1 N–H and O–H groups in total. The molecular weight excluding hydrogens is 190 g/mol. The van der Waals surface area contributed by atoms with Crippen LogP contribution in [0.25, 0.3) is 0 Å². The Balaban J connectivity index is 1.98. The van der Waals surface area contributed by atoms with Crippen molar-refractivity contribution in [2.24, 2.45) is 18.9 Å². The lowest BCUT2D eigenvalue weighted by atomic mass is 9.80. The molecule has 84 valence electrons. The van der Waals surface area contributed by atoms with Gasteiger partial charge in [-0.15, -0.1) is 0 Å². The molecule has 3 atom stereocenters. The predicted octanol–water partition coefficient (Wildman–Crippen LogP) is 1.45. The summed E-state index contributed by atoms with van der Waals surface area (Å²) in [5.74, 6) is 2.34. The summed E-state index contributed by atoms with van der Waals surface area (Å²) < 4.78 is 1.69. The number of hydrogen-bond acceptors (Lipinski definition) is 4. The molecule has 0 saturated heterocycles.